The Bertz CT molecular complexity index is 813. The minimum atomic E-state index is 0.563. The summed E-state index contributed by atoms with van der Waals surface area (Å²) in [5.74, 6) is 1.57. The lowest BCUT2D eigenvalue weighted by Gasteiger charge is -2.12. The second-order valence-corrected chi connectivity index (χ2v) is 7.41. The van der Waals surface area contributed by atoms with E-state index in [0.29, 0.717) is 5.88 Å². The van der Waals surface area contributed by atoms with Crippen molar-refractivity contribution in [2.45, 2.75) is 13.3 Å². The summed E-state index contributed by atoms with van der Waals surface area (Å²) in [4.78, 5) is 4.77. The third kappa shape index (κ3) is 2.98. The van der Waals surface area contributed by atoms with Crippen LogP contribution in [0.4, 0.5) is 0 Å². The van der Waals surface area contributed by atoms with Crippen LogP contribution in [0.3, 0.4) is 0 Å². The molecule has 0 saturated carbocycles. The number of rotatable bonds is 3. The summed E-state index contributed by atoms with van der Waals surface area (Å²) in [7, 11) is 0. The summed E-state index contributed by atoms with van der Waals surface area (Å²) in [5, 5.41) is 0. The quantitative estimate of drug-likeness (QED) is 0.362. The molecule has 5 heteroatoms. The fourth-order valence-corrected chi connectivity index (χ4v) is 3.44. The van der Waals surface area contributed by atoms with Crippen molar-refractivity contribution in [3.05, 3.63) is 55.8 Å². The van der Waals surface area contributed by atoms with Crippen molar-refractivity contribution in [1.82, 2.24) is 9.55 Å². The summed E-state index contributed by atoms with van der Waals surface area (Å²) in [6.07, 6.45) is 0.749. The number of alkyl halides is 1. The Morgan fingerprint density at radius 2 is 2.05 bits per heavy atom. The predicted molar refractivity (Wildman–Crippen MR) is 101 cm³/mol. The van der Waals surface area contributed by atoms with Gasteiger partial charge in [-0.3, -0.25) is 4.57 Å². The molecule has 3 rings (SSSR count). The Hall–Kier alpha value is -0.590. The molecule has 0 bridgehead atoms. The SMILES string of the molecule is Cc1ccc(Br)cc1-n1c(CCCl)nc2cc(I)ccc21. The van der Waals surface area contributed by atoms with Gasteiger partial charge in [-0.1, -0.05) is 22.0 Å². The van der Waals surface area contributed by atoms with Crippen molar-refractivity contribution < 1.29 is 0 Å². The third-order valence-electron chi connectivity index (χ3n) is 3.42. The van der Waals surface area contributed by atoms with E-state index in [4.69, 9.17) is 16.6 Å². The van der Waals surface area contributed by atoms with Crippen LogP contribution >= 0.6 is 50.1 Å². The number of hydrogen-bond donors (Lipinski definition) is 0. The molecule has 108 valence electrons. The van der Waals surface area contributed by atoms with Crippen LogP contribution in [0, 0.1) is 10.5 Å². The van der Waals surface area contributed by atoms with E-state index in [1.807, 2.05) is 0 Å². The summed E-state index contributed by atoms with van der Waals surface area (Å²) >= 11 is 11.8. The van der Waals surface area contributed by atoms with Crippen LogP contribution in [0.1, 0.15) is 11.4 Å². The van der Waals surface area contributed by atoms with Gasteiger partial charge in [0.2, 0.25) is 0 Å². The highest BCUT2D eigenvalue weighted by molar-refractivity contribution is 14.1. The van der Waals surface area contributed by atoms with Gasteiger partial charge < -0.3 is 0 Å². The van der Waals surface area contributed by atoms with Gasteiger partial charge in [0.1, 0.15) is 5.82 Å². The molecule has 0 radical (unpaired) electrons. The Balaban J connectivity index is 2.33. The normalized spacial score (nSPS) is 11.2. The zero-order valence-electron chi connectivity index (χ0n) is 11.4. The summed E-state index contributed by atoms with van der Waals surface area (Å²) in [6, 6.07) is 12.6. The van der Waals surface area contributed by atoms with Gasteiger partial charge >= 0.3 is 0 Å². The molecule has 0 atom stereocenters. The first-order valence-electron chi connectivity index (χ1n) is 6.59. The molecule has 1 heterocycles. The largest absolute Gasteiger partial charge is 0.296 e. The van der Waals surface area contributed by atoms with Crippen molar-refractivity contribution in [3.8, 4) is 5.69 Å². The molecule has 3 aromatic rings. The molecule has 21 heavy (non-hydrogen) atoms. The van der Waals surface area contributed by atoms with E-state index in [1.165, 1.54) is 9.13 Å². The van der Waals surface area contributed by atoms with Gasteiger partial charge in [0.05, 0.1) is 16.7 Å². The number of fused-ring (bicyclic) bond motifs is 1. The maximum atomic E-state index is 5.96. The lowest BCUT2D eigenvalue weighted by atomic mass is 10.2. The van der Waals surface area contributed by atoms with E-state index in [1.54, 1.807) is 0 Å². The minimum absolute atomic E-state index is 0.563. The number of imidazole rings is 1. The molecule has 2 aromatic carbocycles. The summed E-state index contributed by atoms with van der Waals surface area (Å²) in [5.41, 5.74) is 4.50. The van der Waals surface area contributed by atoms with Crippen LogP contribution < -0.4 is 0 Å². The second kappa shape index (κ2) is 6.26. The molecule has 1 aromatic heterocycles. The van der Waals surface area contributed by atoms with E-state index < -0.39 is 0 Å². The average Bonchev–Trinajstić information content (AvgIpc) is 2.79. The lowest BCUT2D eigenvalue weighted by Crippen LogP contribution is -2.04. The molecule has 0 unspecified atom stereocenters. The van der Waals surface area contributed by atoms with Gasteiger partial charge in [-0.25, -0.2) is 4.98 Å². The van der Waals surface area contributed by atoms with Gasteiger partial charge in [-0.15, -0.1) is 11.6 Å². The van der Waals surface area contributed by atoms with Crippen molar-refractivity contribution >= 4 is 61.2 Å². The zero-order chi connectivity index (χ0) is 15.0. The van der Waals surface area contributed by atoms with Crippen molar-refractivity contribution in [2.24, 2.45) is 0 Å². The number of halogens is 3. The van der Waals surface area contributed by atoms with E-state index in [9.17, 15) is 0 Å². The fourth-order valence-electron chi connectivity index (χ4n) is 2.45. The van der Waals surface area contributed by atoms with E-state index >= 15 is 0 Å². The van der Waals surface area contributed by atoms with Crippen LogP contribution in [0.25, 0.3) is 16.7 Å². The van der Waals surface area contributed by atoms with Gasteiger partial charge in [0.25, 0.3) is 0 Å². The highest BCUT2D eigenvalue weighted by Gasteiger charge is 2.14. The molecule has 0 N–H and O–H groups in total. The molecular formula is C16H13BrClIN2. The molecule has 0 aliphatic rings. The molecule has 0 spiro atoms. The molecule has 0 aliphatic heterocycles. The number of aromatic nitrogens is 2. The summed E-state index contributed by atoms with van der Waals surface area (Å²) in [6.45, 7) is 2.12. The van der Waals surface area contributed by atoms with Gasteiger partial charge in [0, 0.05) is 20.3 Å². The molecule has 0 amide bonds. The summed E-state index contributed by atoms with van der Waals surface area (Å²) < 4.78 is 4.47. The number of hydrogen-bond acceptors (Lipinski definition) is 1. The Morgan fingerprint density at radius 1 is 1.24 bits per heavy atom. The van der Waals surface area contributed by atoms with Crippen molar-refractivity contribution in [2.75, 3.05) is 5.88 Å². The third-order valence-corrected chi connectivity index (χ3v) is 4.77. The van der Waals surface area contributed by atoms with Crippen LogP contribution in [-0.4, -0.2) is 15.4 Å². The van der Waals surface area contributed by atoms with E-state index in [-0.39, 0.29) is 0 Å². The molecule has 0 fully saturated rings. The van der Waals surface area contributed by atoms with Crippen molar-refractivity contribution in [3.63, 3.8) is 0 Å². The maximum Gasteiger partial charge on any atom is 0.115 e. The monoisotopic (exact) mass is 474 g/mol. The molecular weight excluding hydrogens is 462 g/mol. The topological polar surface area (TPSA) is 17.8 Å². The molecule has 0 saturated heterocycles. The zero-order valence-corrected chi connectivity index (χ0v) is 15.9. The number of nitrogens with zero attached hydrogens (tertiary/aromatic N) is 2. The standard InChI is InChI=1S/C16H13BrClIN2/c1-10-2-3-11(17)8-15(10)21-14-5-4-12(19)9-13(14)20-16(21)6-7-18/h2-5,8-9H,6-7H2,1H3. The van der Waals surface area contributed by atoms with E-state index in [2.05, 4.69) is 86.4 Å². The van der Waals surface area contributed by atoms with Gasteiger partial charge in [-0.05, 0) is 65.4 Å². The van der Waals surface area contributed by atoms with Crippen LogP contribution in [0.2, 0.25) is 0 Å². The van der Waals surface area contributed by atoms with Crippen LogP contribution in [-0.2, 0) is 6.42 Å². The Labute approximate surface area is 150 Å². The fraction of sp³-hybridized carbons (Fsp3) is 0.188. The second-order valence-electron chi connectivity index (χ2n) is 4.87. The first-order valence-corrected chi connectivity index (χ1v) is 9.00. The van der Waals surface area contributed by atoms with E-state index in [0.717, 1.165) is 33.4 Å². The number of benzene rings is 2. The first kappa shape index (κ1) is 15.3. The van der Waals surface area contributed by atoms with Crippen LogP contribution in [0.5, 0.6) is 0 Å². The van der Waals surface area contributed by atoms with Gasteiger partial charge in [0.15, 0.2) is 0 Å². The first-order chi connectivity index (χ1) is 10.1. The molecule has 0 aliphatic carbocycles. The highest BCUT2D eigenvalue weighted by Crippen LogP contribution is 2.27. The smallest absolute Gasteiger partial charge is 0.115 e. The van der Waals surface area contributed by atoms with Crippen molar-refractivity contribution in [1.29, 1.82) is 0 Å². The minimum Gasteiger partial charge on any atom is -0.296 e. The highest BCUT2D eigenvalue weighted by atomic mass is 127. The Kier molecular flexibility index (Phi) is 4.57. The average molecular weight is 476 g/mol. The Morgan fingerprint density at radius 3 is 2.81 bits per heavy atom. The number of aryl methyl sites for hydroxylation is 2. The molecule has 2 nitrogen and oxygen atoms in total. The van der Waals surface area contributed by atoms with Gasteiger partial charge in [-0.2, -0.15) is 0 Å². The maximum absolute atomic E-state index is 5.96. The predicted octanol–water partition coefficient (Wildman–Crippen LogP) is 5.48. The van der Waals surface area contributed by atoms with Crippen LogP contribution in [0.15, 0.2) is 40.9 Å². The lowest BCUT2D eigenvalue weighted by molar-refractivity contribution is 0.906.